The van der Waals surface area contributed by atoms with E-state index >= 15 is 0 Å². The van der Waals surface area contributed by atoms with Gasteiger partial charge in [-0.1, -0.05) is 45.4 Å². The monoisotopic (exact) mass is 267 g/mol. The molecule has 1 unspecified atom stereocenters. The van der Waals surface area contributed by atoms with Gasteiger partial charge in [0.05, 0.1) is 12.7 Å². The molecule has 2 fully saturated rings. The van der Waals surface area contributed by atoms with Crippen molar-refractivity contribution in [2.24, 2.45) is 5.92 Å². The first kappa shape index (κ1) is 15.3. The summed E-state index contributed by atoms with van der Waals surface area (Å²) in [5.74, 6) is 0.873. The lowest BCUT2D eigenvalue weighted by Gasteiger charge is -2.27. The Kier molecular flexibility index (Phi) is 7.23. The molecule has 0 aromatic heterocycles. The second kappa shape index (κ2) is 8.97. The highest BCUT2D eigenvalue weighted by Gasteiger charge is 2.25. The van der Waals surface area contributed by atoms with E-state index in [1.54, 1.807) is 0 Å². The molecular formula is C17H33NO. The Balaban J connectivity index is 1.74. The molecule has 19 heavy (non-hydrogen) atoms. The van der Waals surface area contributed by atoms with Crippen molar-refractivity contribution in [1.29, 1.82) is 0 Å². The van der Waals surface area contributed by atoms with E-state index in [-0.39, 0.29) is 0 Å². The predicted molar refractivity (Wildman–Crippen MR) is 81.5 cm³/mol. The van der Waals surface area contributed by atoms with Crippen LogP contribution in [0.5, 0.6) is 0 Å². The van der Waals surface area contributed by atoms with E-state index in [2.05, 4.69) is 12.2 Å². The fourth-order valence-electron chi connectivity index (χ4n) is 3.70. The highest BCUT2D eigenvalue weighted by atomic mass is 16.5. The first-order valence-corrected chi connectivity index (χ1v) is 8.75. The SMILES string of the molecule is CCCNC(COC1CCCCCC1)C1CCCC1. The van der Waals surface area contributed by atoms with E-state index in [4.69, 9.17) is 4.74 Å². The van der Waals surface area contributed by atoms with Crippen LogP contribution in [0.15, 0.2) is 0 Å². The molecule has 0 aromatic carbocycles. The third-order valence-electron chi connectivity index (χ3n) is 4.94. The summed E-state index contributed by atoms with van der Waals surface area (Å²) in [5.41, 5.74) is 0. The Bertz CT molecular complexity index is 217. The number of rotatable bonds is 7. The van der Waals surface area contributed by atoms with Crippen LogP contribution in [-0.2, 0) is 4.74 Å². The van der Waals surface area contributed by atoms with Crippen molar-refractivity contribution in [3.05, 3.63) is 0 Å². The second-order valence-electron chi connectivity index (χ2n) is 6.55. The van der Waals surface area contributed by atoms with Crippen molar-refractivity contribution in [2.75, 3.05) is 13.2 Å². The molecule has 1 atom stereocenters. The van der Waals surface area contributed by atoms with Gasteiger partial charge in [-0.15, -0.1) is 0 Å². The van der Waals surface area contributed by atoms with Gasteiger partial charge in [-0.05, 0) is 44.6 Å². The van der Waals surface area contributed by atoms with Crippen molar-refractivity contribution in [3.63, 3.8) is 0 Å². The summed E-state index contributed by atoms with van der Waals surface area (Å²) < 4.78 is 6.27. The van der Waals surface area contributed by atoms with Crippen LogP contribution < -0.4 is 5.32 Å². The molecule has 112 valence electrons. The van der Waals surface area contributed by atoms with Gasteiger partial charge in [-0.25, -0.2) is 0 Å². The zero-order chi connectivity index (χ0) is 13.3. The van der Waals surface area contributed by atoms with Crippen LogP contribution >= 0.6 is 0 Å². The van der Waals surface area contributed by atoms with E-state index in [0.29, 0.717) is 12.1 Å². The van der Waals surface area contributed by atoms with E-state index in [9.17, 15) is 0 Å². The van der Waals surface area contributed by atoms with Gasteiger partial charge in [0.1, 0.15) is 0 Å². The van der Waals surface area contributed by atoms with Gasteiger partial charge in [0.15, 0.2) is 0 Å². The zero-order valence-electron chi connectivity index (χ0n) is 12.8. The normalized spacial score (nSPS) is 24.5. The van der Waals surface area contributed by atoms with Crippen LogP contribution in [0.4, 0.5) is 0 Å². The number of hydrogen-bond acceptors (Lipinski definition) is 2. The minimum absolute atomic E-state index is 0.551. The Morgan fingerprint density at radius 1 is 0.947 bits per heavy atom. The van der Waals surface area contributed by atoms with E-state index in [1.165, 1.54) is 70.6 Å². The predicted octanol–water partition coefficient (Wildman–Crippen LogP) is 4.28. The minimum Gasteiger partial charge on any atom is -0.377 e. The molecule has 0 radical (unpaired) electrons. The van der Waals surface area contributed by atoms with Gasteiger partial charge in [-0.3, -0.25) is 0 Å². The van der Waals surface area contributed by atoms with Gasteiger partial charge in [0.25, 0.3) is 0 Å². The standard InChI is InChI=1S/C17H33NO/c1-2-13-18-17(15-9-7-8-10-15)14-19-16-11-5-3-4-6-12-16/h15-18H,2-14H2,1H3. The quantitative estimate of drug-likeness (QED) is 0.695. The Labute approximate surface area is 119 Å². The van der Waals surface area contributed by atoms with Crippen LogP contribution in [0, 0.1) is 5.92 Å². The molecule has 2 rings (SSSR count). The number of nitrogens with one attached hydrogen (secondary N) is 1. The molecule has 2 aliphatic carbocycles. The van der Waals surface area contributed by atoms with Crippen molar-refractivity contribution in [2.45, 2.75) is 89.7 Å². The molecule has 0 bridgehead atoms. The van der Waals surface area contributed by atoms with E-state index < -0.39 is 0 Å². The van der Waals surface area contributed by atoms with Crippen molar-refractivity contribution in [1.82, 2.24) is 5.32 Å². The van der Waals surface area contributed by atoms with Gasteiger partial charge in [0, 0.05) is 6.04 Å². The topological polar surface area (TPSA) is 21.3 Å². The highest BCUT2D eigenvalue weighted by Crippen LogP contribution is 2.28. The fourth-order valence-corrected chi connectivity index (χ4v) is 3.70. The van der Waals surface area contributed by atoms with Crippen LogP contribution in [0.1, 0.15) is 77.6 Å². The number of ether oxygens (including phenoxy) is 1. The van der Waals surface area contributed by atoms with Gasteiger partial charge < -0.3 is 10.1 Å². The smallest absolute Gasteiger partial charge is 0.0626 e. The fraction of sp³-hybridized carbons (Fsp3) is 1.00. The zero-order valence-corrected chi connectivity index (χ0v) is 12.8. The summed E-state index contributed by atoms with van der Waals surface area (Å²) in [7, 11) is 0. The van der Waals surface area contributed by atoms with Crippen LogP contribution in [0.2, 0.25) is 0 Å². The van der Waals surface area contributed by atoms with E-state index in [0.717, 1.165) is 19.1 Å². The molecule has 0 aliphatic heterocycles. The van der Waals surface area contributed by atoms with Crippen molar-refractivity contribution >= 4 is 0 Å². The largest absolute Gasteiger partial charge is 0.377 e. The van der Waals surface area contributed by atoms with Crippen molar-refractivity contribution in [3.8, 4) is 0 Å². The van der Waals surface area contributed by atoms with Gasteiger partial charge in [0.2, 0.25) is 0 Å². The molecule has 2 saturated carbocycles. The van der Waals surface area contributed by atoms with Gasteiger partial charge >= 0.3 is 0 Å². The molecule has 2 aliphatic rings. The molecule has 0 saturated heterocycles. The summed E-state index contributed by atoms with van der Waals surface area (Å²) in [6.45, 7) is 4.36. The molecule has 0 heterocycles. The lowest BCUT2D eigenvalue weighted by Crippen LogP contribution is -2.40. The first-order valence-electron chi connectivity index (χ1n) is 8.75. The third-order valence-corrected chi connectivity index (χ3v) is 4.94. The molecule has 0 amide bonds. The maximum Gasteiger partial charge on any atom is 0.0626 e. The number of hydrogen-bond donors (Lipinski definition) is 1. The Morgan fingerprint density at radius 2 is 1.58 bits per heavy atom. The lowest BCUT2D eigenvalue weighted by molar-refractivity contribution is 0.0194. The molecular weight excluding hydrogens is 234 g/mol. The van der Waals surface area contributed by atoms with E-state index in [1.807, 2.05) is 0 Å². The summed E-state index contributed by atoms with van der Waals surface area (Å²) in [5, 5.41) is 3.74. The van der Waals surface area contributed by atoms with Crippen LogP contribution in [-0.4, -0.2) is 25.3 Å². The summed E-state index contributed by atoms with van der Waals surface area (Å²) >= 11 is 0. The Hall–Kier alpha value is -0.0800. The Morgan fingerprint density at radius 3 is 2.21 bits per heavy atom. The second-order valence-corrected chi connectivity index (χ2v) is 6.55. The van der Waals surface area contributed by atoms with Crippen LogP contribution in [0.25, 0.3) is 0 Å². The maximum absolute atomic E-state index is 6.27. The van der Waals surface area contributed by atoms with Gasteiger partial charge in [-0.2, -0.15) is 0 Å². The summed E-state index contributed by atoms with van der Waals surface area (Å²) in [4.78, 5) is 0. The molecule has 0 aromatic rings. The summed E-state index contributed by atoms with van der Waals surface area (Å²) in [6, 6.07) is 0.616. The first-order chi connectivity index (χ1) is 9.40. The maximum atomic E-state index is 6.27. The molecule has 2 nitrogen and oxygen atoms in total. The molecule has 0 spiro atoms. The van der Waals surface area contributed by atoms with Crippen molar-refractivity contribution < 1.29 is 4.74 Å². The lowest BCUT2D eigenvalue weighted by atomic mass is 9.98. The average molecular weight is 267 g/mol. The average Bonchev–Trinajstić information content (AvgIpc) is 2.83. The molecule has 2 heteroatoms. The minimum atomic E-state index is 0.551. The highest BCUT2D eigenvalue weighted by molar-refractivity contribution is 4.81. The van der Waals surface area contributed by atoms with Crippen LogP contribution in [0.3, 0.4) is 0 Å². The third kappa shape index (κ3) is 5.43. The summed E-state index contributed by atoms with van der Waals surface area (Å²) in [6.07, 6.45) is 15.6. The molecule has 1 N–H and O–H groups in total.